The van der Waals surface area contributed by atoms with Gasteiger partial charge in [-0.25, -0.2) is 9.37 Å². The third-order valence-corrected chi connectivity index (χ3v) is 6.33. The van der Waals surface area contributed by atoms with E-state index < -0.39 is 5.91 Å². The molecule has 4 aromatic rings. The zero-order valence-corrected chi connectivity index (χ0v) is 18.1. The number of hydrogen-bond acceptors (Lipinski definition) is 6. The molecule has 0 saturated heterocycles. The summed E-state index contributed by atoms with van der Waals surface area (Å²) in [5, 5.41) is 14.6. The molecule has 1 amide bonds. The minimum absolute atomic E-state index is 0.178. The monoisotopic (exact) mass is 476 g/mol. The first-order valence-electron chi connectivity index (χ1n) is 8.47. The second kappa shape index (κ2) is 9.01. The zero-order valence-electron chi connectivity index (χ0n) is 15.0. The van der Waals surface area contributed by atoms with Crippen LogP contribution >= 0.6 is 45.9 Å². The quantitative estimate of drug-likeness (QED) is 0.359. The van der Waals surface area contributed by atoms with Gasteiger partial charge in [0.15, 0.2) is 5.01 Å². The van der Waals surface area contributed by atoms with Gasteiger partial charge in [-0.1, -0.05) is 34.5 Å². The lowest BCUT2D eigenvalue weighted by atomic mass is 10.2. The Morgan fingerprint density at radius 2 is 1.73 bits per heavy atom. The number of carbonyl (C=O) groups excluding carboxylic acids is 1. The van der Waals surface area contributed by atoms with E-state index in [-0.39, 0.29) is 10.8 Å². The molecule has 0 saturated carbocycles. The lowest BCUT2D eigenvalue weighted by molar-refractivity contribution is 0.102. The van der Waals surface area contributed by atoms with Gasteiger partial charge in [0.2, 0.25) is 5.01 Å². The van der Waals surface area contributed by atoms with Crippen LogP contribution in [0.3, 0.4) is 0 Å². The summed E-state index contributed by atoms with van der Waals surface area (Å²) in [6.07, 6.45) is 1.65. The van der Waals surface area contributed by atoms with Crippen molar-refractivity contribution in [3.05, 3.63) is 80.5 Å². The summed E-state index contributed by atoms with van der Waals surface area (Å²) < 4.78 is 13.1. The van der Waals surface area contributed by atoms with Gasteiger partial charge in [0.1, 0.15) is 10.8 Å². The minimum atomic E-state index is -0.391. The Balaban J connectivity index is 1.47. The third kappa shape index (κ3) is 4.91. The molecule has 4 rings (SSSR count). The lowest BCUT2D eigenvalue weighted by Gasteiger charge is -2.01. The summed E-state index contributed by atoms with van der Waals surface area (Å²) in [7, 11) is 0. The third-order valence-electron chi connectivity index (χ3n) is 3.81. The molecule has 0 bridgehead atoms. The van der Waals surface area contributed by atoms with Crippen molar-refractivity contribution >= 4 is 68.6 Å². The first kappa shape index (κ1) is 20.6. The number of nitrogens with zero attached hydrogens (tertiary/aromatic N) is 3. The lowest BCUT2D eigenvalue weighted by Crippen LogP contribution is -2.11. The van der Waals surface area contributed by atoms with Gasteiger partial charge >= 0.3 is 0 Å². The molecule has 0 atom stereocenters. The first-order chi connectivity index (χ1) is 14.5. The molecule has 5 nitrogen and oxygen atoms in total. The van der Waals surface area contributed by atoms with Crippen molar-refractivity contribution in [3.63, 3.8) is 0 Å². The highest BCUT2D eigenvalue weighted by atomic mass is 35.5. The average Bonchev–Trinajstić information content (AvgIpc) is 3.40. The van der Waals surface area contributed by atoms with Gasteiger partial charge in [0.05, 0.1) is 10.7 Å². The van der Waals surface area contributed by atoms with Crippen molar-refractivity contribution < 1.29 is 9.18 Å². The highest BCUT2D eigenvalue weighted by Crippen LogP contribution is 2.29. The minimum Gasteiger partial charge on any atom is -0.320 e. The van der Waals surface area contributed by atoms with Crippen molar-refractivity contribution in [2.75, 3.05) is 5.32 Å². The van der Waals surface area contributed by atoms with Gasteiger partial charge in [-0.05, 0) is 54.6 Å². The smallest absolute Gasteiger partial charge is 0.286 e. The molecule has 2 aromatic heterocycles. The van der Waals surface area contributed by atoms with E-state index in [0.717, 1.165) is 21.9 Å². The van der Waals surface area contributed by atoms with E-state index in [1.807, 2.05) is 5.38 Å². The van der Waals surface area contributed by atoms with Crippen LogP contribution in [0.1, 0.15) is 20.5 Å². The topological polar surface area (TPSA) is 67.8 Å². The van der Waals surface area contributed by atoms with Crippen LogP contribution in [0.15, 0.2) is 53.9 Å². The Bertz CT molecular complexity index is 1220. The second-order valence-electron chi connectivity index (χ2n) is 5.95. The van der Waals surface area contributed by atoms with Crippen LogP contribution in [0.4, 0.5) is 10.1 Å². The maximum atomic E-state index is 13.1. The van der Waals surface area contributed by atoms with Crippen LogP contribution in [0, 0.1) is 5.82 Å². The number of aromatic nitrogens is 3. The molecule has 0 radical (unpaired) electrons. The van der Waals surface area contributed by atoms with Crippen LogP contribution in [-0.4, -0.2) is 21.1 Å². The molecule has 30 heavy (non-hydrogen) atoms. The summed E-state index contributed by atoms with van der Waals surface area (Å²) in [5.74, 6) is -0.691. The molecule has 150 valence electrons. The summed E-state index contributed by atoms with van der Waals surface area (Å²) in [6.45, 7) is 0. The SMILES string of the molecule is O=C(Nc1ccc(Cl)cc1)c1nnc(/C(Cl)=C/c2csc(-c3ccc(F)cc3)n2)s1. The van der Waals surface area contributed by atoms with Crippen LogP contribution in [0.25, 0.3) is 21.7 Å². The van der Waals surface area contributed by atoms with Gasteiger partial charge in [-0.3, -0.25) is 4.79 Å². The summed E-state index contributed by atoms with van der Waals surface area (Å²) in [4.78, 5) is 16.8. The Hall–Kier alpha value is -2.65. The average molecular weight is 477 g/mol. The number of hydrogen-bond donors (Lipinski definition) is 1. The first-order valence-corrected chi connectivity index (χ1v) is 10.9. The molecule has 2 heterocycles. The van der Waals surface area contributed by atoms with E-state index >= 15 is 0 Å². The van der Waals surface area contributed by atoms with E-state index in [1.165, 1.54) is 23.5 Å². The van der Waals surface area contributed by atoms with Crippen molar-refractivity contribution in [1.82, 2.24) is 15.2 Å². The highest BCUT2D eigenvalue weighted by molar-refractivity contribution is 7.15. The molecule has 10 heteroatoms. The van der Waals surface area contributed by atoms with Gasteiger partial charge in [-0.15, -0.1) is 21.5 Å². The summed E-state index contributed by atoms with van der Waals surface area (Å²) >= 11 is 14.7. The van der Waals surface area contributed by atoms with Gasteiger partial charge < -0.3 is 5.32 Å². The number of rotatable bonds is 5. The maximum Gasteiger partial charge on any atom is 0.286 e. The number of benzene rings is 2. The second-order valence-corrected chi connectivity index (χ2v) is 8.63. The Morgan fingerprint density at radius 1 is 1.03 bits per heavy atom. The van der Waals surface area contributed by atoms with Crippen LogP contribution in [-0.2, 0) is 0 Å². The number of amides is 1. The van der Waals surface area contributed by atoms with Crippen molar-refractivity contribution in [1.29, 1.82) is 0 Å². The summed E-state index contributed by atoms with van der Waals surface area (Å²) in [6, 6.07) is 12.8. The molecule has 0 aliphatic carbocycles. The molecule has 0 fully saturated rings. The van der Waals surface area contributed by atoms with E-state index in [2.05, 4.69) is 20.5 Å². The number of halogens is 3. The predicted octanol–water partition coefficient (Wildman–Crippen LogP) is 6.44. The number of thiazole rings is 1. The Kier molecular flexibility index (Phi) is 6.19. The normalized spacial score (nSPS) is 11.5. The molecule has 0 spiro atoms. The summed E-state index contributed by atoms with van der Waals surface area (Å²) in [5.41, 5.74) is 2.04. The standard InChI is InChI=1S/C20H11Cl2FN4OS2/c21-12-3-7-14(8-4-12)24-17(28)20-27-26-19(30-20)16(22)9-15-10-29-18(25-15)11-1-5-13(23)6-2-11/h1-10H,(H,24,28)/b16-9-. The maximum absolute atomic E-state index is 13.1. The Morgan fingerprint density at radius 3 is 2.47 bits per heavy atom. The van der Waals surface area contributed by atoms with Crippen molar-refractivity contribution in [2.24, 2.45) is 0 Å². The molecule has 2 aromatic carbocycles. The van der Waals surface area contributed by atoms with Crippen LogP contribution in [0.2, 0.25) is 5.02 Å². The fourth-order valence-electron chi connectivity index (χ4n) is 2.40. The zero-order chi connectivity index (χ0) is 21.1. The fraction of sp³-hybridized carbons (Fsp3) is 0. The fourth-order valence-corrected chi connectivity index (χ4v) is 4.22. The van der Waals surface area contributed by atoms with Gasteiger partial charge in [0.25, 0.3) is 5.91 Å². The number of carbonyl (C=O) groups is 1. The highest BCUT2D eigenvalue weighted by Gasteiger charge is 2.15. The van der Waals surface area contributed by atoms with Gasteiger partial charge in [-0.2, -0.15) is 0 Å². The van der Waals surface area contributed by atoms with Crippen LogP contribution < -0.4 is 5.32 Å². The number of nitrogens with one attached hydrogen (secondary N) is 1. The molecule has 0 aliphatic rings. The molecule has 1 N–H and O–H groups in total. The van der Waals surface area contributed by atoms with Crippen molar-refractivity contribution in [3.8, 4) is 10.6 Å². The van der Waals surface area contributed by atoms with E-state index in [9.17, 15) is 9.18 Å². The van der Waals surface area contributed by atoms with E-state index in [1.54, 1.807) is 42.5 Å². The van der Waals surface area contributed by atoms with Crippen molar-refractivity contribution in [2.45, 2.75) is 0 Å². The van der Waals surface area contributed by atoms with E-state index in [0.29, 0.717) is 26.4 Å². The van der Waals surface area contributed by atoms with Crippen LogP contribution in [0.5, 0.6) is 0 Å². The van der Waals surface area contributed by atoms with E-state index in [4.69, 9.17) is 23.2 Å². The Labute approximate surface area is 188 Å². The number of anilines is 1. The predicted molar refractivity (Wildman–Crippen MR) is 121 cm³/mol. The molecule has 0 unspecified atom stereocenters. The molecular weight excluding hydrogens is 466 g/mol. The van der Waals surface area contributed by atoms with Gasteiger partial charge in [0, 0.05) is 21.7 Å². The largest absolute Gasteiger partial charge is 0.320 e. The molecule has 0 aliphatic heterocycles. The molecular formula is C20H11Cl2FN4OS2.